The Morgan fingerprint density at radius 3 is 3.25 bits per heavy atom. The third kappa shape index (κ3) is 0.932. The quantitative estimate of drug-likeness (QED) is 0.550. The lowest BCUT2D eigenvalue weighted by molar-refractivity contribution is 0.419. The summed E-state index contributed by atoms with van der Waals surface area (Å²) < 4.78 is 4.44. The molecule has 0 unspecified atom stereocenters. The molecule has 1 heterocycles. The molecule has 1 radical (unpaired) electrons. The maximum atomic E-state index is 9.68. The van der Waals surface area contributed by atoms with Crippen LogP contribution in [0.3, 0.4) is 0 Å². The fourth-order valence-electron chi connectivity index (χ4n) is 0.397. The fourth-order valence-corrected chi connectivity index (χ4v) is 0.397. The number of hydrogen-bond donors (Lipinski definition) is 0. The molecule has 3 heteroatoms. The third-order valence-corrected chi connectivity index (χ3v) is 0.760. The second kappa shape index (κ2) is 2.26. The Morgan fingerprint density at radius 1 is 1.88 bits per heavy atom. The lowest BCUT2D eigenvalue weighted by atomic mass is 10.3. The van der Waals surface area contributed by atoms with Gasteiger partial charge in [0.2, 0.25) is 6.29 Å². The van der Waals surface area contributed by atoms with Gasteiger partial charge in [-0.3, -0.25) is 4.79 Å². The van der Waals surface area contributed by atoms with Gasteiger partial charge in [0.25, 0.3) is 0 Å². The molecule has 0 saturated heterocycles. The van der Waals surface area contributed by atoms with Crippen LogP contribution in [0.5, 0.6) is 0 Å². The summed E-state index contributed by atoms with van der Waals surface area (Å²) in [5.41, 5.74) is 0.764. The van der Waals surface area contributed by atoms with E-state index in [1.54, 1.807) is 6.29 Å². The molecule has 0 N–H and O–H groups in total. The van der Waals surface area contributed by atoms with Gasteiger partial charge in [0.05, 0.1) is 6.20 Å². The Labute approximate surface area is 46.3 Å². The van der Waals surface area contributed by atoms with E-state index in [2.05, 4.69) is 9.68 Å². The van der Waals surface area contributed by atoms with Crippen LogP contribution in [-0.4, -0.2) is 11.4 Å². The summed E-state index contributed by atoms with van der Waals surface area (Å²) in [5, 5.41) is 3.39. The molecule has 0 bridgehead atoms. The summed E-state index contributed by atoms with van der Waals surface area (Å²) in [5.74, 6) is 0. The summed E-state index contributed by atoms with van der Waals surface area (Å²) in [6, 6.07) is 0. The van der Waals surface area contributed by atoms with Gasteiger partial charge in [-0.05, 0) is 0 Å². The lowest BCUT2D eigenvalue weighted by Gasteiger charge is -1.73. The van der Waals surface area contributed by atoms with E-state index in [9.17, 15) is 4.79 Å². The van der Waals surface area contributed by atoms with E-state index in [0.717, 1.165) is 5.56 Å². The van der Waals surface area contributed by atoms with Gasteiger partial charge < -0.3 is 4.52 Å². The Hall–Kier alpha value is -1.12. The van der Waals surface area contributed by atoms with E-state index in [1.165, 1.54) is 12.5 Å². The van der Waals surface area contributed by atoms with Gasteiger partial charge in [0, 0.05) is 12.0 Å². The van der Waals surface area contributed by atoms with E-state index < -0.39 is 0 Å². The Bertz CT molecular complexity index is 157. The molecule has 8 heavy (non-hydrogen) atoms. The summed E-state index contributed by atoms with van der Waals surface area (Å²) in [6.07, 6.45) is 4.90. The van der Waals surface area contributed by atoms with Crippen LogP contribution in [0, 0.1) is 0 Å². The smallest absolute Gasteiger partial charge is 0.203 e. The number of nitrogens with zero attached hydrogens (tertiary/aromatic N) is 1. The van der Waals surface area contributed by atoms with Crippen LogP contribution in [0.25, 0.3) is 0 Å². The number of aromatic nitrogens is 1. The minimum absolute atomic E-state index is 0.267. The molecule has 0 saturated carbocycles. The van der Waals surface area contributed by atoms with E-state index >= 15 is 0 Å². The third-order valence-electron chi connectivity index (χ3n) is 0.760. The summed E-state index contributed by atoms with van der Waals surface area (Å²) in [4.78, 5) is 9.68. The normalized spacial score (nSPS) is 9.00. The monoisotopic (exact) mass is 110 g/mol. The molecule has 0 spiro atoms. The van der Waals surface area contributed by atoms with E-state index in [4.69, 9.17) is 0 Å². The zero-order chi connectivity index (χ0) is 5.82. The van der Waals surface area contributed by atoms with Crippen molar-refractivity contribution in [2.45, 2.75) is 6.42 Å². The predicted octanol–water partition coefficient (Wildman–Crippen LogP) is 0.327. The highest BCUT2D eigenvalue weighted by Gasteiger charge is 1.91. The zero-order valence-electron chi connectivity index (χ0n) is 4.13. The van der Waals surface area contributed by atoms with Crippen molar-refractivity contribution in [2.75, 3.05) is 0 Å². The van der Waals surface area contributed by atoms with Gasteiger partial charge in [-0.1, -0.05) is 5.16 Å². The van der Waals surface area contributed by atoms with Crippen LogP contribution in [0.2, 0.25) is 0 Å². The molecule has 0 aliphatic carbocycles. The molecule has 0 aliphatic heterocycles. The van der Waals surface area contributed by atoms with Crippen molar-refractivity contribution in [3.63, 3.8) is 0 Å². The summed E-state index contributed by atoms with van der Waals surface area (Å²) >= 11 is 0. The van der Waals surface area contributed by atoms with Crippen LogP contribution in [0.4, 0.5) is 0 Å². The second-order valence-electron chi connectivity index (χ2n) is 1.35. The number of hydrogen-bond acceptors (Lipinski definition) is 3. The van der Waals surface area contributed by atoms with Crippen molar-refractivity contribution < 1.29 is 9.32 Å². The van der Waals surface area contributed by atoms with Gasteiger partial charge in [-0.15, -0.1) is 0 Å². The molecule has 0 fully saturated rings. The molecule has 0 aliphatic rings. The first-order valence-electron chi connectivity index (χ1n) is 2.17. The van der Waals surface area contributed by atoms with E-state index in [-0.39, 0.29) is 6.42 Å². The van der Waals surface area contributed by atoms with Crippen molar-refractivity contribution in [1.29, 1.82) is 0 Å². The number of rotatable bonds is 2. The molecule has 41 valence electrons. The average molecular weight is 110 g/mol. The maximum absolute atomic E-state index is 9.68. The topological polar surface area (TPSA) is 43.1 Å². The first kappa shape index (κ1) is 5.03. The largest absolute Gasteiger partial charge is 0.364 e. The molecule has 0 atom stereocenters. The second-order valence-corrected chi connectivity index (χ2v) is 1.35. The molecule has 3 nitrogen and oxygen atoms in total. The molecule has 1 rings (SSSR count). The SMILES string of the molecule is O=[C]Cc1cnoc1. The van der Waals surface area contributed by atoms with Gasteiger partial charge >= 0.3 is 0 Å². The molecule has 0 amide bonds. The average Bonchev–Trinajstić information content (AvgIpc) is 2.19. The fraction of sp³-hybridized carbons (Fsp3) is 0.200. The van der Waals surface area contributed by atoms with Crippen molar-refractivity contribution in [3.05, 3.63) is 18.0 Å². The minimum atomic E-state index is 0.267. The maximum Gasteiger partial charge on any atom is 0.203 e. The predicted molar refractivity (Wildman–Crippen MR) is 25.9 cm³/mol. The van der Waals surface area contributed by atoms with Crippen molar-refractivity contribution in [3.8, 4) is 0 Å². The van der Waals surface area contributed by atoms with Crippen LogP contribution in [0.15, 0.2) is 17.0 Å². The van der Waals surface area contributed by atoms with E-state index in [0.29, 0.717) is 0 Å². The first-order chi connectivity index (χ1) is 3.93. The van der Waals surface area contributed by atoms with Crippen molar-refractivity contribution >= 4 is 6.29 Å². The van der Waals surface area contributed by atoms with Crippen LogP contribution < -0.4 is 0 Å². The Balaban J connectivity index is 2.62. The Morgan fingerprint density at radius 2 is 2.75 bits per heavy atom. The molecule has 1 aromatic heterocycles. The highest BCUT2D eigenvalue weighted by molar-refractivity contribution is 5.54. The summed E-state index contributed by atoms with van der Waals surface area (Å²) in [7, 11) is 0. The lowest BCUT2D eigenvalue weighted by Crippen LogP contribution is -1.78. The first-order valence-corrected chi connectivity index (χ1v) is 2.17. The highest BCUT2D eigenvalue weighted by atomic mass is 16.5. The molecular weight excluding hydrogens is 106 g/mol. The zero-order valence-corrected chi connectivity index (χ0v) is 4.13. The van der Waals surface area contributed by atoms with Gasteiger partial charge in [0.15, 0.2) is 0 Å². The minimum Gasteiger partial charge on any atom is -0.364 e. The van der Waals surface area contributed by atoms with Crippen molar-refractivity contribution in [1.82, 2.24) is 5.16 Å². The van der Waals surface area contributed by atoms with Gasteiger partial charge in [-0.2, -0.15) is 0 Å². The van der Waals surface area contributed by atoms with Crippen molar-refractivity contribution in [2.24, 2.45) is 0 Å². The molecule has 0 aromatic carbocycles. The van der Waals surface area contributed by atoms with Gasteiger partial charge in [-0.25, -0.2) is 0 Å². The van der Waals surface area contributed by atoms with Crippen LogP contribution in [0.1, 0.15) is 5.56 Å². The molecular formula is C5H4NO2. The van der Waals surface area contributed by atoms with Crippen LogP contribution in [-0.2, 0) is 11.2 Å². The summed E-state index contributed by atoms with van der Waals surface area (Å²) in [6.45, 7) is 0. The Kier molecular flexibility index (Phi) is 1.42. The number of carbonyl (C=O) groups excluding carboxylic acids is 1. The standard InChI is InChI=1S/C5H4NO2/c7-2-1-5-3-6-8-4-5/h3-4H,1H2. The van der Waals surface area contributed by atoms with Gasteiger partial charge in [0.1, 0.15) is 6.26 Å². The molecule has 1 aromatic rings. The van der Waals surface area contributed by atoms with Crippen LogP contribution >= 0.6 is 0 Å². The van der Waals surface area contributed by atoms with E-state index in [1.807, 2.05) is 0 Å². The highest BCUT2D eigenvalue weighted by Crippen LogP contribution is 1.93.